The molecule has 3 aromatic rings. The molecule has 2 aromatic heterocycles. The smallest absolute Gasteiger partial charge is 0.228 e. The van der Waals surface area contributed by atoms with Crippen LogP contribution >= 0.6 is 11.3 Å². The van der Waals surface area contributed by atoms with Gasteiger partial charge in [-0.15, -0.1) is 11.3 Å². The molecule has 2 aliphatic heterocycles. The van der Waals surface area contributed by atoms with Crippen LogP contribution < -0.4 is 9.64 Å². The van der Waals surface area contributed by atoms with E-state index in [0.717, 1.165) is 71.2 Å². The Hall–Kier alpha value is -3.24. The molecule has 202 valence electrons. The lowest BCUT2D eigenvalue weighted by Gasteiger charge is -2.31. The number of pyridine rings is 1. The normalized spacial score (nSPS) is 15.9. The van der Waals surface area contributed by atoms with E-state index in [9.17, 15) is 9.59 Å². The zero-order valence-electron chi connectivity index (χ0n) is 22.1. The summed E-state index contributed by atoms with van der Waals surface area (Å²) >= 11 is 1.56. The third-order valence-corrected chi connectivity index (χ3v) is 7.95. The van der Waals surface area contributed by atoms with Crippen molar-refractivity contribution in [3.63, 3.8) is 0 Å². The van der Waals surface area contributed by atoms with Crippen LogP contribution in [0.5, 0.6) is 5.75 Å². The molecule has 0 bridgehead atoms. The highest BCUT2D eigenvalue weighted by molar-refractivity contribution is 7.09. The standard InChI is InChI=1S/C28H35N5O4S/c1-20-29-23(19-38-20)16-27(35)33(10-4-9-31-8-3-5-26(31)34)18-22-15-21-6-7-24(36-2)17-25(21)30-28(22)32-11-13-37-14-12-32/h6-7,15,17,19H,3-5,8-14,16,18H2,1-2H3. The van der Waals surface area contributed by atoms with Crippen LogP contribution in [0.2, 0.25) is 0 Å². The fourth-order valence-corrected chi connectivity index (χ4v) is 5.73. The lowest BCUT2D eigenvalue weighted by molar-refractivity contribution is -0.131. The number of carbonyl (C=O) groups is 2. The molecule has 1 aromatic carbocycles. The summed E-state index contributed by atoms with van der Waals surface area (Å²) in [4.78, 5) is 41.3. The largest absolute Gasteiger partial charge is 0.497 e. The van der Waals surface area contributed by atoms with Gasteiger partial charge in [-0.2, -0.15) is 0 Å². The van der Waals surface area contributed by atoms with E-state index in [0.29, 0.717) is 39.3 Å². The van der Waals surface area contributed by atoms with Crippen LogP contribution in [0.1, 0.15) is 35.5 Å². The first-order chi connectivity index (χ1) is 18.5. The molecule has 0 aliphatic carbocycles. The van der Waals surface area contributed by atoms with Gasteiger partial charge in [0.25, 0.3) is 0 Å². The summed E-state index contributed by atoms with van der Waals surface area (Å²) in [5, 5.41) is 3.91. The van der Waals surface area contributed by atoms with Gasteiger partial charge < -0.3 is 24.2 Å². The fraction of sp³-hybridized carbons (Fsp3) is 0.500. The summed E-state index contributed by atoms with van der Waals surface area (Å²) in [7, 11) is 1.65. The molecule has 9 nitrogen and oxygen atoms in total. The van der Waals surface area contributed by atoms with Gasteiger partial charge in [0, 0.05) is 68.1 Å². The molecule has 0 unspecified atom stereocenters. The number of rotatable bonds is 10. The summed E-state index contributed by atoms with van der Waals surface area (Å²) in [6.07, 6.45) is 2.54. The first-order valence-electron chi connectivity index (χ1n) is 13.3. The maximum Gasteiger partial charge on any atom is 0.228 e. The second-order valence-electron chi connectivity index (χ2n) is 9.82. The Morgan fingerprint density at radius 2 is 2.03 bits per heavy atom. The lowest BCUT2D eigenvalue weighted by Crippen LogP contribution is -2.39. The number of amides is 2. The van der Waals surface area contributed by atoms with Gasteiger partial charge in [0.15, 0.2) is 0 Å². The van der Waals surface area contributed by atoms with Crippen LogP contribution in [0.3, 0.4) is 0 Å². The Morgan fingerprint density at radius 3 is 2.74 bits per heavy atom. The number of ether oxygens (including phenoxy) is 2. The van der Waals surface area contributed by atoms with Crippen LogP contribution in [0, 0.1) is 6.92 Å². The number of fused-ring (bicyclic) bond motifs is 1. The second kappa shape index (κ2) is 12.1. The van der Waals surface area contributed by atoms with E-state index in [-0.39, 0.29) is 18.2 Å². The van der Waals surface area contributed by atoms with Crippen molar-refractivity contribution in [1.82, 2.24) is 19.8 Å². The molecular formula is C28H35N5O4S. The maximum atomic E-state index is 13.6. The summed E-state index contributed by atoms with van der Waals surface area (Å²) < 4.78 is 11.0. The molecule has 38 heavy (non-hydrogen) atoms. The van der Waals surface area contributed by atoms with E-state index in [1.165, 1.54) is 0 Å². The molecule has 4 heterocycles. The summed E-state index contributed by atoms with van der Waals surface area (Å²) in [6, 6.07) is 8.03. The first kappa shape index (κ1) is 26.4. The van der Waals surface area contributed by atoms with Gasteiger partial charge in [0.05, 0.1) is 43.0 Å². The molecule has 0 N–H and O–H groups in total. The van der Waals surface area contributed by atoms with Crippen LogP contribution in [0.4, 0.5) is 5.82 Å². The minimum Gasteiger partial charge on any atom is -0.497 e. The summed E-state index contributed by atoms with van der Waals surface area (Å²) in [6.45, 7) is 7.23. The van der Waals surface area contributed by atoms with Gasteiger partial charge >= 0.3 is 0 Å². The Bertz CT molecular complexity index is 1290. The molecule has 5 rings (SSSR count). The average molecular weight is 538 g/mol. The maximum absolute atomic E-state index is 13.6. The van der Waals surface area contributed by atoms with E-state index >= 15 is 0 Å². The third-order valence-electron chi connectivity index (χ3n) is 7.13. The fourth-order valence-electron chi connectivity index (χ4n) is 5.12. The molecule has 2 fully saturated rings. The number of aromatic nitrogens is 2. The summed E-state index contributed by atoms with van der Waals surface area (Å²) in [5.41, 5.74) is 2.66. The van der Waals surface area contributed by atoms with Crippen molar-refractivity contribution >= 4 is 39.9 Å². The number of morpholine rings is 1. The van der Waals surface area contributed by atoms with Crippen LogP contribution in [0.25, 0.3) is 10.9 Å². The van der Waals surface area contributed by atoms with Gasteiger partial charge in [0.1, 0.15) is 11.6 Å². The average Bonchev–Trinajstić information content (AvgIpc) is 3.54. The van der Waals surface area contributed by atoms with E-state index in [1.54, 1.807) is 18.4 Å². The lowest BCUT2D eigenvalue weighted by atomic mass is 10.1. The van der Waals surface area contributed by atoms with Crippen molar-refractivity contribution in [1.29, 1.82) is 0 Å². The number of methoxy groups -OCH3 is 1. The molecular weight excluding hydrogens is 502 g/mol. The predicted octanol–water partition coefficient (Wildman–Crippen LogP) is 3.43. The van der Waals surface area contributed by atoms with E-state index in [2.05, 4.69) is 16.0 Å². The van der Waals surface area contributed by atoms with Crippen LogP contribution in [-0.2, 0) is 27.3 Å². The minimum atomic E-state index is 0.0332. The molecule has 2 saturated heterocycles. The highest BCUT2D eigenvalue weighted by Crippen LogP contribution is 2.28. The molecule has 2 aliphatic rings. The second-order valence-corrected chi connectivity index (χ2v) is 10.9. The number of aryl methyl sites for hydroxylation is 1. The molecule has 0 radical (unpaired) electrons. The Balaban J connectivity index is 1.42. The number of likely N-dealkylation sites (tertiary alicyclic amines) is 1. The van der Waals surface area contributed by atoms with Crippen molar-refractivity contribution < 1.29 is 19.1 Å². The summed E-state index contributed by atoms with van der Waals surface area (Å²) in [5.74, 6) is 1.89. The zero-order chi connectivity index (χ0) is 26.5. The Labute approximate surface area is 227 Å². The van der Waals surface area contributed by atoms with E-state index < -0.39 is 0 Å². The van der Waals surface area contributed by atoms with Gasteiger partial charge in [-0.3, -0.25) is 9.59 Å². The zero-order valence-corrected chi connectivity index (χ0v) is 23.0. The number of benzene rings is 1. The minimum absolute atomic E-state index is 0.0332. The van der Waals surface area contributed by atoms with Gasteiger partial charge in [-0.05, 0) is 38.0 Å². The molecule has 0 spiro atoms. The third kappa shape index (κ3) is 6.24. The predicted molar refractivity (Wildman–Crippen MR) is 148 cm³/mol. The quantitative estimate of drug-likeness (QED) is 0.392. The topological polar surface area (TPSA) is 88.1 Å². The first-order valence-corrected chi connectivity index (χ1v) is 14.1. The number of hydrogen-bond acceptors (Lipinski definition) is 8. The monoisotopic (exact) mass is 537 g/mol. The van der Waals surface area contributed by atoms with E-state index in [1.807, 2.05) is 40.3 Å². The van der Waals surface area contributed by atoms with Crippen molar-refractivity contribution in [2.75, 3.05) is 57.9 Å². The molecule has 0 atom stereocenters. The highest BCUT2D eigenvalue weighted by atomic mass is 32.1. The van der Waals surface area contributed by atoms with Crippen molar-refractivity contribution in [2.45, 2.75) is 39.2 Å². The number of anilines is 1. The van der Waals surface area contributed by atoms with Gasteiger partial charge in [-0.25, -0.2) is 9.97 Å². The van der Waals surface area contributed by atoms with Gasteiger partial charge in [0.2, 0.25) is 11.8 Å². The Morgan fingerprint density at radius 1 is 1.18 bits per heavy atom. The van der Waals surface area contributed by atoms with Crippen LogP contribution in [0.15, 0.2) is 29.6 Å². The molecule has 2 amide bonds. The SMILES string of the molecule is COc1ccc2cc(CN(CCCN3CCCC3=O)C(=O)Cc3csc(C)n3)c(N3CCOCC3)nc2c1. The number of thiazole rings is 1. The number of hydrogen-bond donors (Lipinski definition) is 0. The Kier molecular flexibility index (Phi) is 8.38. The van der Waals surface area contributed by atoms with Crippen molar-refractivity contribution in [2.24, 2.45) is 0 Å². The number of carbonyl (C=O) groups excluding carboxylic acids is 2. The number of nitrogens with zero attached hydrogens (tertiary/aromatic N) is 5. The highest BCUT2D eigenvalue weighted by Gasteiger charge is 2.24. The van der Waals surface area contributed by atoms with E-state index in [4.69, 9.17) is 14.5 Å². The van der Waals surface area contributed by atoms with Crippen molar-refractivity contribution in [3.05, 3.63) is 45.9 Å². The van der Waals surface area contributed by atoms with Crippen LogP contribution in [-0.4, -0.2) is 84.6 Å². The molecule has 0 saturated carbocycles. The molecule has 10 heteroatoms. The van der Waals surface area contributed by atoms with Gasteiger partial charge in [-0.1, -0.05) is 0 Å². The van der Waals surface area contributed by atoms with Crippen molar-refractivity contribution in [3.8, 4) is 5.75 Å².